The number of rotatable bonds is 4. The van der Waals surface area contributed by atoms with Crippen LogP contribution in [-0.4, -0.2) is 48.4 Å². The fourth-order valence-corrected chi connectivity index (χ4v) is 3.66. The molecule has 1 fully saturated rings. The summed E-state index contributed by atoms with van der Waals surface area (Å²) in [4.78, 5) is 0. The third kappa shape index (κ3) is 2.67. The molecule has 17 heavy (non-hydrogen) atoms. The Labute approximate surface area is 101 Å². The van der Waals surface area contributed by atoms with Crippen molar-refractivity contribution in [2.75, 3.05) is 25.5 Å². The number of hydrogen-bond donors (Lipinski definition) is 1. The first-order valence-electron chi connectivity index (χ1n) is 5.71. The second-order valence-electron chi connectivity index (χ2n) is 4.03. The summed E-state index contributed by atoms with van der Waals surface area (Å²) >= 11 is 0. The van der Waals surface area contributed by atoms with E-state index in [1.807, 2.05) is 6.92 Å². The van der Waals surface area contributed by atoms with Gasteiger partial charge in [0.2, 0.25) is 10.0 Å². The number of nitrogens with one attached hydrogen (secondary N) is 1. The molecule has 1 aliphatic rings. The lowest BCUT2D eigenvalue weighted by atomic mass is 10.2. The van der Waals surface area contributed by atoms with Crippen molar-refractivity contribution in [3.63, 3.8) is 0 Å². The van der Waals surface area contributed by atoms with Gasteiger partial charge in [0.15, 0.2) is 0 Å². The predicted octanol–water partition coefficient (Wildman–Crippen LogP) is 0.523. The Hall–Kier alpha value is -0.920. The van der Waals surface area contributed by atoms with Crippen LogP contribution in [0.4, 0.5) is 0 Å². The Balaban J connectivity index is 2.24. The van der Waals surface area contributed by atoms with Crippen molar-refractivity contribution in [2.45, 2.75) is 19.4 Å². The molecule has 0 aromatic carbocycles. The number of aromatic nitrogens is 2. The monoisotopic (exact) mass is 259 g/mol. The molecule has 0 unspecified atom stereocenters. The van der Waals surface area contributed by atoms with Crippen LogP contribution in [0.2, 0.25) is 0 Å². The Morgan fingerprint density at radius 1 is 1.65 bits per heavy atom. The van der Waals surface area contributed by atoms with Gasteiger partial charge < -0.3 is 4.74 Å². The van der Waals surface area contributed by atoms with Crippen molar-refractivity contribution in [3.05, 3.63) is 18.0 Å². The maximum Gasteiger partial charge on any atom is 0.214 e. The van der Waals surface area contributed by atoms with Gasteiger partial charge >= 0.3 is 0 Å². The van der Waals surface area contributed by atoms with Gasteiger partial charge in [0.1, 0.15) is 0 Å². The Morgan fingerprint density at radius 3 is 3.12 bits per heavy atom. The first-order chi connectivity index (χ1) is 8.15. The zero-order valence-corrected chi connectivity index (χ0v) is 10.6. The highest BCUT2D eigenvalue weighted by Crippen LogP contribution is 2.25. The van der Waals surface area contributed by atoms with Crippen molar-refractivity contribution >= 4 is 10.0 Å². The van der Waals surface area contributed by atoms with Gasteiger partial charge in [-0.05, 0) is 12.5 Å². The van der Waals surface area contributed by atoms with Gasteiger partial charge in [-0.2, -0.15) is 9.40 Å². The molecule has 0 amide bonds. The molecule has 0 saturated carbocycles. The fourth-order valence-electron chi connectivity index (χ4n) is 1.99. The first kappa shape index (κ1) is 12.5. The van der Waals surface area contributed by atoms with Crippen LogP contribution >= 0.6 is 0 Å². The lowest BCUT2D eigenvalue weighted by Crippen LogP contribution is -2.44. The van der Waals surface area contributed by atoms with E-state index in [4.69, 9.17) is 4.74 Å². The quantitative estimate of drug-likeness (QED) is 0.855. The number of nitrogens with zero attached hydrogens (tertiary/aromatic N) is 2. The number of H-pyrrole nitrogens is 1. The number of sulfonamides is 1. The molecule has 1 saturated heterocycles. The number of ether oxygens (including phenoxy) is 1. The Morgan fingerprint density at radius 2 is 2.47 bits per heavy atom. The van der Waals surface area contributed by atoms with Crippen LogP contribution in [-0.2, 0) is 14.8 Å². The lowest BCUT2D eigenvalue weighted by Gasteiger charge is -2.33. The maximum atomic E-state index is 12.1. The third-order valence-electron chi connectivity index (χ3n) is 2.78. The van der Waals surface area contributed by atoms with Gasteiger partial charge in [-0.1, -0.05) is 6.92 Å². The minimum Gasteiger partial charge on any atom is -0.378 e. The molecule has 7 heteroatoms. The maximum absolute atomic E-state index is 12.1. The zero-order valence-electron chi connectivity index (χ0n) is 9.80. The van der Waals surface area contributed by atoms with Crippen LogP contribution in [0.1, 0.15) is 25.1 Å². The first-order valence-corrected chi connectivity index (χ1v) is 7.32. The van der Waals surface area contributed by atoms with E-state index in [0.29, 0.717) is 26.2 Å². The molecule has 1 aromatic rings. The van der Waals surface area contributed by atoms with Gasteiger partial charge in [0, 0.05) is 12.7 Å². The molecule has 1 N–H and O–H groups in total. The molecule has 6 nitrogen and oxygen atoms in total. The molecule has 2 heterocycles. The topological polar surface area (TPSA) is 75.3 Å². The molecular formula is C10H17N3O3S. The van der Waals surface area contributed by atoms with Crippen LogP contribution in [0.3, 0.4) is 0 Å². The van der Waals surface area contributed by atoms with Crippen LogP contribution < -0.4 is 0 Å². The fraction of sp³-hybridized carbons (Fsp3) is 0.700. The van der Waals surface area contributed by atoms with E-state index in [0.717, 1.165) is 5.69 Å². The molecule has 2 rings (SSSR count). The van der Waals surface area contributed by atoms with Gasteiger partial charge in [-0.25, -0.2) is 8.42 Å². The molecule has 1 aromatic heterocycles. The minimum absolute atomic E-state index is 0.178. The second-order valence-corrected chi connectivity index (χ2v) is 6.07. The Bertz CT molecular complexity index is 443. The van der Waals surface area contributed by atoms with Crippen LogP contribution in [0, 0.1) is 0 Å². The average molecular weight is 259 g/mol. The summed E-state index contributed by atoms with van der Waals surface area (Å²) < 4.78 is 31.1. The van der Waals surface area contributed by atoms with E-state index >= 15 is 0 Å². The van der Waals surface area contributed by atoms with Gasteiger partial charge in [0.25, 0.3) is 0 Å². The smallest absolute Gasteiger partial charge is 0.214 e. The van der Waals surface area contributed by atoms with E-state index in [9.17, 15) is 8.42 Å². The largest absolute Gasteiger partial charge is 0.378 e. The third-order valence-corrected chi connectivity index (χ3v) is 4.86. The molecule has 0 bridgehead atoms. The summed E-state index contributed by atoms with van der Waals surface area (Å²) in [6, 6.07) is 1.51. The Kier molecular flexibility index (Phi) is 3.80. The molecule has 0 radical (unpaired) electrons. The number of morpholine rings is 1. The highest BCUT2D eigenvalue weighted by atomic mass is 32.2. The normalized spacial score (nSPS) is 22.8. The van der Waals surface area contributed by atoms with Crippen molar-refractivity contribution < 1.29 is 13.2 Å². The number of hydrogen-bond acceptors (Lipinski definition) is 4. The predicted molar refractivity (Wildman–Crippen MR) is 62.9 cm³/mol. The highest BCUT2D eigenvalue weighted by Gasteiger charge is 2.33. The zero-order chi connectivity index (χ0) is 12.3. The summed E-state index contributed by atoms with van der Waals surface area (Å²) in [5.41, 5.74) is 0.782. The van der Waals surface area contributed by atoms with Gasteiger partial charge in [-0.3, -0.25) is 5.10 Å². The summed E-state index contributed by atoms with van der Waals surface area (Å²) in [6.45, 7) is 3.11. The van der Waals surface area contributed by atoms with Gasteiger partial charge in [-0.15, -0.1) is 0 Å². The summed E-state index contributed by atoms with van der Waals surface area (Å²) in [5.74, 6) is 0.178. The molecule has 0 spiro atoms. The van der Waals surface area contributed by atoms with Crippen LogP contribution in [0.25, 0.3) is 0 Å². The molecular weight excluding hydrogens is 242 g/mol. The van der Waals surface area contributed by atoms with E-state index in [2.05, 4.69) is 10.2 Å². The standard InChI is InChI=1S/C10H17N3O3S/c1-2-7-17(14,15)13-5-6-16-8-10(13)9-3-4-11-12-9/h3-4,10H,2,5-8H2,1H3,(H,11,12)/t10-/m1/s1. The van der Waals surface area contributed by atoms with Crippen LogP contribution in [0.15, 0.2) is 12.3 Å². The highest BCUT2D eigenvalue weighted by molar-refractivity contribution is 7.89. The lowest BCUT2D eigenvalue weighted by molar-refractivity contribution is 0.0306. The summed E-state index contributed by atoms with van der Waals surface area (Å²) in [5, 5.41) is 6.67. The van der Waals surface area contributed by atoms with Crippen LogP contribution in [0.5, 0.6) is 0 Å². The SMILES string of the molecule is CCCS(=O)(=O)N1CCOC[C@@H]1c1ccn[nH]1. The molecule has 0 aliphatic carbocycles. The number of aromatic amines is 1. The van der Waals surface area contributed by atoms with Crippen molar-refractivity contribution in [3.8, 4) is 0 Å². The average Bonchev–Trinajstić information content (AvgIpc) is 2.82. The van der Waals surface area contributed by atoms with Crippen molar-refractivity contribution in [2.24, 2.45) is 0 Å². The van der Waals surface area contributed by atoms with E-state index in [-0.39, 0.29) is 11.8 Å². The van der Waals surface area contributed by atoms with Crippen molar-refractivity contribution in [1.29, 1.82) is 0 Å². The minimum atomic E-state index is -3.20. The molecule has 1 aliphatic heterocycles. The molecule has 96 valence electrons. The second kappa shape index (κ2) is 5.16. The summed E-state index contributed by atoms with van der Waals surface area (Å²) in [6.07, 6.45) is 2.24. The van der Waals surface area contributed by atoms with Crippen molar-refractivity contribution in [1.82, 2.24) is 14.5 Å². The van der Waals surface area contributed by atoms with Gasteiger partial charge in [0.05, 0.1) is 30.7 Å². The van der Waals surface area contributed by atoms with E-state index < -0.39 is 10.0 Å². The molecule has 1 atom stereocenters. The van der Waals surface area contributed by atoms with E-state index in [1.54, 1.807) is 12.3 Å². The van der Waals surface area contributed by atoms with E-state index in [1.165, 1.54) is 4.31 Å². The summed E-state index contributed by atoms with van der Waals surface area (Å²) in [7, 11) is -3.20.